The zero-order valence-corrected chi connectivity index (χ0v) is 8.00. The summed E-state index contributed by atoms with van der Waals surface area (Å²) in [5, 5.41) is 8.67. The molecule has 0 aromatic heterocycles. The molecule has 2 rings (SSSR count). The fraction of sp³-hybridized carbons (Fsp3) is 0.900. The SMILES string of the molecule is N#CCC1(CN2CC[C@H](N)C2)CC1. The Bertz CT molecular complexity index is 227. The molecule has 3 nitrogen and oxygen atoms in total. The lowest BCUT2D eigenvalue weighted by Crippen LogP contribution is -2.31. The van der Waals surface area contributed by atoms with E-state index < -0.39 is 0 Å². The monoisotopic (exact) mass is 179 g/mol. The van der Waals surface area contributed by atoms with Crippen molar-refractivity contribution in [2.45, 2.75) is 31.7 Å². The molecule has 72 valence electrons. The summed E-state index contributed by atoms with van der Waals surface area (Å²) in [6, 6.07) is 2.67. The highest BCUT2D eigenvalue weighted by Crippen LogP contribution is 2.49. The van der Waals surface area contributed by atoms with Crippen LogP contribution >= 0.6 is 0 Å². The van der Waals surface area contributed by atoms with Crippen LogP contribution in [0, 0.1) is 16.7 Å². The van der Waals surface area contributed by atoms with E-state index in [0.29, 0.717) is 11.5 Å². The first-order chi connectivity index (χ1) is 6.24. The molecule has 1 saturated carbocycles. The van der Waals surface area contributed by atoms with Crippen LogP contribution in [-0.4, -0.2) is 30.6 Å². The van der Waals surface area contributed by atoms with Crippen LogP contribution in [-0.2, 0) is 0 Å². The number of nitriles is 1. The molecule has 0 aromatic carbocycles. The van der Waals surface area contributed by atoms with Gasteiger partial charge in [0.1, 0.15) is 0 Å². The summed E-state index contributed by atoms with van der Waals surface area (Å²) in [7, 11) is 0. The maximum absolute atomic E-state index is 8.67. The van der Waals surface area contributed by atoms with Gasteiger partial charge in [0, 0.05) is 25.6 Å². The van der Waals surface area contributed by atoms with Gasteiger partial charge in [-0.1, -0.05) is 0 Å². The van der Waals surface area contributed by atoms with Crippen molar-refractivity contribution < 1.29 is 0 Å². The van der Waals surface area contributed by atoms with Gasteiger partial charge in [0.05, 0.1) is 6.07 Å². The summed E-state index contributed by atoms with van der Waals surface area (Å²) < 4.78 is 0. The lowest BCUT2D eigenvalue weighted by Gasteiger charge is -2.20. The summed E-state index contributed by atoms with van der Waals surface area (Å²) in [5.41, 5.74) is 6.19. The lowest BCUT2D eigenvalue weighted by atomic mass is 10.0. The molecular weight excluding hydrogens is 162 g/mol. The number of hydrogen-bond donors (Lipinski definition) is 1. The third kappa shape index (κ3) is 2.01. The third-order valence-corrected chi connectivity index (χ3v) is 3.28. The van der Waals surface area contributed by atoms with Gasteiger partial charge in [0.25, 0.3) is 0 Å². The first kappa shape index (κ1) is 8.98. The highest BCUT2D eigenvalue weighted by molar-refractivity contribution is 5.02. The second-order valence-electron chi connectivity index (χ2n) is 4.62. The first-order valence-corrected chi connectivity index (χ1v) is 5.09. The van der Waals surface area contributed by atoms with Crippen LogP contribution in [0.25, 0.3) is 0 Å². The summed E-state index contributed by atoms with van der Waals surface area (Å²) >= 11 is 0. The van der Waals surface area contributed by atoms with Gasteiger partial charge in [-0.25, -0.2) is 0 Å². The molecule has 1 saturated heterocycles. The van der Waals surface area contributed by atoms with Crippen molar-refractivity contribution in [1.82, 2.24) is 4.90 Å². The Balaban J connectivity index is 1.82. The molecule has 0 unspecified atom stereocenters. The normalized spacial score (nSPS) is 31.5. The predicted octanol–water partition coefficient (Wildman–Crippen LogP) is 0.713. The average Bonchev–Trinajstić information content (AvgIpc) is 2.70. The van der Waals surface area contributed by atoms with Crippen molar-refractivity contribution in [2.75, 3.05) is 19.6 Å². The van der Waals surface area contributed by atoms with E-state index >= 15 is 0 Å². The molecule has 2 N–H and O–H groups in total. The predicted molar refractivity (Wildman–Crippen MR) is 50.9 cm³/mol. The molecule has 0 spiro atoms. The maximum atomic E-state index is 8.67. The number of rotatable bonds is 3. The van der Waals surface area contributed by atoms with Crippen LogP contribution in [0.4, 0.5) is 0 Å². The number of nitrogens with zero attached hydrogens (tertiary/aromatic N) is 2. The molecule has 2 fully saturated rings. The van der Waals surface area contributed by atoms with E-state index in [2.05, 4.69) is 11.0 Å². The fourth-order valence-electron chi connectivity index (χ4n) is 2.22. The van der Waals surface area contributed by atoms with Gasteiger partial charge < -0.3 is 10.6 Å². The molecule has 2 aliphatic rings. The molecule has 0 amide bonds. The molecule has 1 atom stereocenters. The van der Waals surface area contributed by atoms with Gasteiger partial charge in [0.15, 0.2) is 0 Å². The minimum atomic E-state index is 0.360. The number of hydrogen-bond acceptors (Lipinski definition) is 3. The Labute approximate surface area is 79.5 Å². The molecule has 0 aromatic rings. The van der Waals surface area contributed by atoms with E-state index in [-0.39, 0.29) is 0 Å². The van der Waals surface area contributed by atoms with Gasteiger partial charge in [-0.3, -0.25) is 0 Å². The van der Waals surface area contributed by atoms with Crippen LogP contribution in [0.3, 0.4) is 0 Å². The van der Waals surface area contributed by atoms with E-state index in [1.54, 1.807) is 0 Å². The standard InChI is InChI=1S/C10H17N3/c11-5-4-10(2-3-10)8-13-6-1-9(12)7-13/h9H,1-4,6-8,12H2/t9-/m0/s1. The Morgan fingerprint density at radius 2 is 2.31 bits per heavy atom. The van der Waals surface area contributed by atoms with E-state index in [1.165, 1.54) is 12.8 Å². The van der Waals surface area contributed by atoms with Crippen molar-refractivity contribution in [1.29, 1.82) is 5.26 Å². The second kappa shape index (κ2) is 3.28. The number of likely N-dealkylation sites (tertiary alicyclic amines) is 1. The van der Waals surface area contributed by atoms with Crippen molar-refractivity contribution >= 4 is 0 Å². The molecule has 0 bridgehead atoms. The molecular formula is C10H17N3. The van der Waals surface area contributed by atoms with Crippen molar-refractivity contribution in [2.24, 2.45) is 11.1 Å². The quantitative estimate of drug-likeness (QED) is 0.694. The molecule has 1 aliphatic carbocycles. The van der Waals surface area contributed by atoms with Crippen LogP contribution in [0.5, 0.6) is 0 Å². The van der Waals surface area contributed by atoms with Crippen LogP contribution in [0.1, 0.15) is 25.7 Å². The molecule has 3 heteroatoms. The molecule has 0 radical (unpaired) electrons. The van der Waals surface area contributed by atoms with Gasteiger partial charge in [-0.2, -0.15) is 5.26 Å². The summed E-state index contributed by atoms with van der Waals surface area (Å²) in [6.45, 7) is 3.27. The van der Waals surface area contributed by atoms with Gasteiger partial charge >= 0.3 is 0 Å². The van der Waals surface area contributed by atoms with Gasteiger partial charge in [-0.05, 0) is 31.2 Å². The molecule has 1 heterocycles. The lowest BCUT2D eigenvalue weighted by molar-refractivity contribution is 0.263. The third-order valence-electron chi connectivity index (χ3n) is 3.28. The van der Waals surface area contributed by atoms with E-state index in [0.717, 1.165) is 32.5 Å². The summed E-state index contributed by atoms with van der Waals surface area (Å²) in [4.78, 5) is 2.43. The second-order valence-corrected chi connectivity index (χ2v) is 4.62. The smallest absolute Gasteiger partial charge is 0.0628 e. The topological polar surface area (TPSA) is 53.0 Å². The van der Waals surface area contributed by atoms with Crippen molar-refractivity contribution in [3.8, 4) is 6.07 Å². The Morgan fingerprint density at radius 3 is 2.77 bits per heavy atom. The van der Waals surface area contributed by atoms with Gasteiger partial charge in [0.2, 0.25) is 0 Å². The maximum Gasteiger partial charge on any atom is 0.0628 e. The first-order valence-electron chi connectivity index (χ1n) is 5.09. The van der Waals surface area contributed by atoms with Crippen molar-refractivity contribution in [3.05, 3.63) is 0 Å². The average molecular weight is 179 g/mol. The number of nitrogens with two attached hydrogens (primary N) is 1. The molecule has 1 aliphatic heterocycles. The van der Waals surface area contributed by atoms with Crippen LogP contribution in [0.15, 0.2) is 0 Å². The zero-order chi connectivity index (χ0) is 9.31. The highest BCUT2D eigenvalue weighted by Gasteiger charge is 2.44. The summed E-state index contributed by atoms with van der Waals surface area (Å²) in [6.07, 6.45) is 4.35. The van der Waals surface area contributed by atoms with Crippen LogP contribution in [0.2, 0.25) is 0 Å². The molecule has 13 heavy (non-hydrogen) atoms. The minimum Gasteiger partial charge on any atom is -0.326 e. The highest BCUT2D eigenvalue weighted by atomic mass is 15.2. The Hall–Kier alpha value is -0.590. The van der Waals surface area contributed by atoms with Gasteiger partial charge in [-0.15, -0.1) is 0 Å². The minimum absolute atomic E-state index is 0.360. The Morgan fingerprint density at radius 1 is 1.54 bits per heavy atom. The van der Waals surface area contributed by atoms with Crippen LogP contribution < -0.4 is 5.73 Å². The van der Waals surface area contributed by atoms with E-state index in [4.69, 9.17) is 11.0 Å². The fourth-order valence-corrected chi connectivity index (χ4v) is 2.22. The largest absolute Gasteiger partial charge is 0.326 e. The van der Waals surface area contributed by atoms with E-state index in [1.807, 2.05) is 0 Å². The Kier molecular flexibility index (Phi) is 2.27. The van der Waals surface area contributed by atoms with Crippen molar-refractivity contribution in [3.63, 3.8) is 0 Å². The summed E-state index contributed by atoms with van der Waals surface area (Å²) in [5.74, 6) is 0. The van der Waals surface area contributed by atoms with E-state index in [9.17, 15) is 0 Å². The zero-order valence-electron chi connectivity index (χ0n) is 8.00.